The number of ether oxygens (including phenoxy) is 2. The lowest BCUT2D eigenvalue weighted by Crippen LogP contribution is -2.32. The molecule has 1 aromatic rings. The van der Waals surface area contributed by atoms with Gasteiger partial charge in [-0.2, -0.15) is 0 Å². The van der Waals surface area contributed by atoms with E-state index in [0.717, 1.165) is 47.3 Å². The van der Waals surface area contributed by atoms with Gasteiger partial charge in [0.1, 0.15) is 23.2 Å². The van der Waals surface area contributed by atoms with Gasteiger partial charge < -0.3 is 19.7 Å². The minimum atomic E-state index is -0.622. The van der Waals surface area contributed by atoms with Crippen molar-refractivity contribution < 1.29 is 24.5 Å². The molecule has 144 valence electrons. The lowest BCUT2D eigenvalue weighted by atomic mass is 9.88. The molecule has 1 aromatic carbocycles. The number of fused-ring (bicyclic) bond motifs is 1. The van der Waals surface area contributed by atoms with Crippen LogP contribution >= 0.6 is 0 Å². The van der Waals surface area contributed by atoms with E-state index in [1.165, 1.54) is 0 Å². The van der Waals surface area contributed by atoms with Crippen molar-refractivity contribution in [3.05, 3.63) is 22.3 Å². The van der Waals surface area contributed by atoms with Crippen molar-refractivity contribution in [1.29, 1.82) is 0 Å². The number of benzene rings is 1. The van der Waals surface area contributed by atoms with Gasteiger partial charge in [-0.3, -0.25) is 4.79 Å². The number of hydrogen-bond acceptors (Lipinski definition) is 5. The molecular weight excluding hydrogens is 332 g/mol. The molecule has 2 aliphatic rings. The van der Waals surface area contributed by atoms with Gasteiger partial charge in [0.15, 0.2) is 0 Å². The monoisotopic (exact) mass is 362 g/mol. The Labute approximate surface area is 155 Å². The number of carbonyl (C=O) groups is 1. The number of phenols is 1. The van der Waals surface area contributed by atoms with Crippen LogP contribution in [-0.2, 0) is 28.8 Å². The fraction of sp³-hybridized carbons (Fsp3) is 0.667. The minimum absolute atomic E-state index is 0.0790. The second-order valence-electron chi connectivity index (χ2n) is 8.27. The van der Waals surface area contributed by atoms with Gasteiger partial charge in [0.25, 0.3) is 0 Å². The molecule has 0 aliphatic carbocycles. The number of aliphatic hydroxyl groups excluding tert-OH is 1. The number of rotatable bonds is 5. The summed E-state index contributed by atoms with van der Waals surface area (Å²) in [5.41, 5.74) is 3.70. The Morgan fingerprint density at radius 3 is 2.62 bits per heavy atom. The van der Waals surface area contributed by atoms with Crippen LogP contribution in [0.3, 0.4) is 0 Å². The summed E-state index contributed by atoms with van der Waals surface area (Å²) in [7, 11) is 0. The number of aliphatic hydroxyl groups is 1. The van der Waals surface area contributed by atoms with E-state index in [4.69, 9.17) is 9.47 Å². The van der Waals surface area contributed by atoms with Gasteiger partial charge in [-0.15, -0.1) is 0 Å². The number of esters is 1. The molecule has 3 rings (SSSR count). The maximum Gasteiger partial charge on any atom is 0.308 e. The first-order valence-electron chi connectivity index (χ1n) is 9.64. The summed E-state index contributed by atoms with van der Waals surface area (Å²) >= 11 is 0. The summed E-state index contributed by atoms with van der Waals surface area (Å²) < 4.78 is 11.7. The van der Waals surface area contributed by atoms with Crippen LogP contribution in [0.4, 0.5) is 0 Å². The SMILES string of the molecule is CCCc1c(O)c(C)c2c(c1CCC1CC(O)CC(=O)O1)OC(C)(C)C2. The fourth-order valence-corrected chi connectivity index (χ4v) is 4.20. The molecule has 5 nitrogen and oxygen atoms in total. The van der Waals surface area contributed by atoms with Crippen molar-refractivity contribution in [2.45, 2.75) is 90.4 Å². The van der Waals surface area contributed by atoms with Crippen LogP contribution < -0.4 is 4.74 Å². The largest absolute Gasteiger partial charge is 0.507 e. The summed E-state index contributed by atoms with van der Waals surface area (Å²) in [4.78, 5) is 11.6. The molecule has 2 aliphatic heterocycles. The fourth-order valence-electron chi connectivity index (χ4n) is 4.20. The molecule has 0 saturated carbocycles. The van der Waals surface area contributed by atoms with Gasteiger partial charge in [-0.05, 0) is 45.6 Å². The van der Waals surface area contributed by atoms with Gasteiger partial charge in [-0.1, -0.05) is 13.3 Å². The molecule has 2 unspecified atom stereocenters. The molecular formula is C21H30O5. The zero-order valence-electron chi connectivity index (χ0n) is 16.2. The van der Waals surface area contributed by atoms with E-state index in [1.54, 1.807) is 0 Å². The van der Waals surface area contributed by atoms with Crippen LogP contribution in [0.5, 0.6) is 11.5 Å². The standard InChI is InChI=1S/C21H30O5/c1-5-6-15-16(8-7-14-9-13(22)10-18(23)25-14)20-17(12(2)19(15)24)11-21(3,4)26-20/h13-14,22,24H,5-11H2,1-4H3. The smallest absolute Gasteiger partial charge is 0.308 e. The molecule has 26 heavy (non-hydrogen) atoms. The highest BCUT2D eigenvalue weighted by atomic mass is 16.5. The Balaban J connectivity index is 1.91. The third-order valence-corrected chi connectivity index (χ3v) is 5.44. The van der Waals surface area contributed by atoms with Crippen molar-refractivity contribution >= 4 is 5.97 Å². The molecule has 1 saturated heterocycles. The lowest BCUT2D eigenvalue weighted by molar-refractivity contribution is -0.160. The average molecular weight is 362 g/mol. The van der Waals surface area contributed by atoms with E-state index < -0.39 is 6.10 Å². The Morgan fingerprint density at radius 1 is 1.23 bits per heavy atom. The van der Waals surface area contributed by atoms with E-state index >= 15 is 0 Å². The Hall–Kier alpha value is -1.75. The van der Waals surface area contributed by atoms with Crippen molar-refractivity contribution in [1.82, 2.24) is 0 Å². The highest BCUT2D eigenvalue weighted by Crippen LogP contribution is 2.46. The van der Waals surface area contributed by atoms with Crippen molar-refractivity contribution in [3.8, 4) is 11.5 Å². The number of hydrogen-bond donors (Lipinski definition) is 2. The van der Waals surface area contributed by atoms with Crippen molar-refractivity contribution in [3.63, 3.8) is 0 Å². The number of phenolic OH excluding ortho intramolecular Hbond substituents is 1. The minimum Gasteiger partial charge on any atom is -0.507 e. The molecule has 1 fully saturated rings. The number of carbonyl (C=O) groups excluding carboxylic acids is 1. The van der Waals surface area contributed by atoms with E-state index in [9.17, 15) is 15.0 Å². The van der Waals surface area contributed by atoms with Gasteiger partial charge >= 0.3 is 5.97 Å². The van der Waals surface area contributed by atoms with Crippen LogP contribution in [0.2, 0.25) is 0 Å². The van der Waals surface area contributed by atoms with Crippen molar-refractivity contribution in [2.24, 2.45) is 0 Å². The van der Waals surface area contributed by atoms with Gasteiger partial charge in [0.05, 0.1) is 12.5 Å². The third-order valence-electron chi connectivity index (χ3n) is 5.44. The Morgan fingerprint density at radius 2 is 1.96 bits per heavy atom. The van der Waals surface area contributed by atoms with E-state index in [1.807, 2.05) is 6.92 Å². The van der Waals surface area contributed by atoms with E-state index in [0.29, 0.717) is 25.0 Å². The molecule has 5 heteroatoms. The lowest BCUT2D eigenvalue weighted by Gasteiger charge is -2.27. The first-order chi connectivity index (χ1) is 12.2. The molecule has 0 amide bonds. The van der Waals surface area contributed by atoms with Crippen molar-refractivity contribution in [2.75, 3.05) is 0 Å². The Kier molecular flexibility index (Phi) is 5.20. The molecule has 0 aromatic heterocycles. The quantitative estimate of drug-likeness (QED) is 0.786. The predicted octanol–water partition coefficient (Wildman–Crippen LogP) is 3.37. The summed E-state index contributed by atoms with van der Waals surface area (Å²) in [6, 6.07) is 0. The molecule has 0 bridgehead atoms. The molecule has 2 atom stereocenters. The number of cyclic esters (lactones) is 1. The molecule has 2 N–H and O–H groups in total. The van der Waals surface area contributed by atoms with Gasteiger partial charge in [0, 0.05) is 29.5 Å². The van der Waals surface area contributed by atoms with Crippen LogP contribution in [0.25, 0.3) is 0 Å². The molecule has 2 heterocycles. The van der Waals surface area contributed by atoms with Crippen LogP contribution in [-0.4, -0.2) is 34.0 Å². The maximum absolute atomic E-state index is 11.6. The second-order valence-corrected chi connectivity index (χ2v) is 8.27. The van der Waals surface area contributed by atoms with E-state index in [-0.39, 0.29) is 24.1 Å². The van der Waals surface area contributed by atoms with Crippen LogP contribution in [0, 0.1) is 6.92 Å². The summed E-state index contributed by atoms with van der Waals surface area (Å²) in [5.74, 6) is 0.941. The maximum atomic E-state index is 11.6. The highest BCUT2D eigenvalue weighted by Gasteiger charge is 2.36. The normalized spacial score (nSPS) is 24.1. The third kappa shape index (κ3) is 3.68. The predicted molar refractivity (Wildman–Crippen MR) is 98.7 cm³/mol. The summed E-state index contributed by atoms with van der Waals surface area (Å²) in [6.45, 7) is 8.18. The zero-order valence-corrected chi connectivity index (χ0v) is 16.2. The van der Waals surface area contributed by atoms with E-state index in [2.05, 4.69) is 20.8 Å². The second kappa shape index (κ2) is 7.10. The van der Waals surface area contributed by atoms with Crippen LogP contribution in [0.1, 0.15) is 68.7 Å². The number of aromatic hydroxyl groups is 1. The first kappa shape index (κ1) is 19.0. The molecule has 0 spiro atoms. The topological polar surface area (TPSA) is 76.0 Å². The van der Waals surface area contributed by atoms with Crippen LogP contribution in [0.15, 0.2) is 0 Å². The summed E-state index contributed by atoms with van der Waals surface area (Å²) in [5, 5.41) is 20.6. The first-order valence-corrected chi connectivity index (χ1v) is 9.64. The summed E-state index contributed by atoms with van der Waals surface area (Å²) in [6.07, 6.45) is 3.42. The van der Waals surface area contributed by atoms with Gasteiger partial charge in [-0.25, -0.2) is 0 Å². The molecule has 0 radical (unpaired) electrons. The average Bonchev–Trinajstić information content (AvgIpc) is 2.87. The Bertz CT molecular complexity index is 707. The van der Waals surface area contributed by atoms with Gasteiger partial charge in [0.2, 0.25) is 0 Å². The zero-order chi connectivity index (χ0) is 19.1. The highest BCUT2D eigenvalue weighted by molar-refractivity contribution is 5.71.